The van der Waals surface area contributed by atoms with Crippen LogP contribution in [-0.4, -0.2) is 32.0 Å². The van der Waals surface area contributed by atoms with Crippen LogP contribution < -0.4 is 0 Å². The van der Waals surface area contributed by atoms with Crippen LogP contribution in [0.1, 0.15) is 11.4 Å². The molecular weight excluding hydrogens is 431 g/mol. The van der Waals surface area contributed by atoms with Gasteiger partial charge >= 0.3 is 0 Å². The highest BCUT2D eigenvalue weighted by molar-refractivity contribution is 7.93. The Morgan fingerprint density at radius 2 is 1.74 bits per heavy atom. The molecule has 10 heteroatoms. The van der Waals surface area contributed by atoms with Gasteiger partial charge < -0.3 is 0 Å². The lowest BCUT2D eigenvalue weighted by Crippen LogP contribution is -2.16. The summed E-state index contributed by atoms with van der Waals surface area (Å²) in [4.78, 5) is 4.18. The molecular formula is C17H14Cl2N2O4S2. The number of imidazole rings is 1. The first-order valence-corrected chi connectivity index (χ1v) is 11.9. The summed E-state index contributed by atoms with van der Waals surface area (Å²) < 4.78 is 50.2. The van der Waals surface area contributed by atoms with E-state index >= 15 is 0 Å². The minimum absolute atomic E-state index is 0.0718. The van der Waals surface area contributed by atoms with E-state index in [1.165, 1.54) is 12.1 Å². The first kappa shape index (κ1) is 19.9. The third-order valence-corrected chi connectivity index (χ3v) is 6.68. The van der Waals surface area contributed by atoms with Gasteiger partial charge in [0.1, 0.15) is 11.6 Å². The summed E-state index contributed by atoms with van der Waals surface area (Å²) in [5, 5.41) is 1.66. The van der Waals surface area contributed by atoms with E-state index in [0.29, 0.717) is 26.6 Å². The van der Waals surface area contributed by atoms with Crippen LogP contribution in [0.2, 0.25) is 10.0 Å². The molecule has 0 aliphatic heterocycles. The Kier molecular flexibility index (Phi) is 5.36. The highest BCUT2D eigenvalue weighted by Crippen LogP contribution is 2.24. The van der Waals surface area contributed by atoms with Crippen LogP contribution in [0.4, 0.5) is 0 Å². The highest BCUT2D eigenvalue weighted by atomic mass is 35.5. The Bertz CT molecular complexity index is 1260. The van der Waals surface area contributed by atoms with Gasteiger partial charge in [0.15, 0.2) is 9.84 Å². The molecule has 0 radical (unpaired) electrons. The van der Waals surface area contributed by atoms with Gasteiger partial charge in [-0.05, 0) is 35.9 Å². The molecule has 0 bridgehead atoms. The second kappa shape index (κ2) is 7.27. The second-order valence-electron chi connectivity index (χ2n) is 5.83. The average molecular weight is 445 g/mol. The summed E-state index contributed by atoms with van der Waals surface area (Å²) in [6.45, 7) is 0. The Morgan fingerprint density at radius 3 is 2.41 bits per heavy atom. The van der Waals surface area contributed by atoms with Gasteiger partial charge in [-0.25, -0.2) is 25.8 Å². The minimum Gasteiger partial charge on any atom is -0.231 e. The van der Waals surface area contributed by atoms with Crippen LogP contribution in [0, 0.1) is 0 Å². The lowest BCUT2D eigenvalue weighted by atomic mass is 10.2. The number of nitrogens with zero attached hydrogens (tertiary/aromatic N) is 2. The fourth-order valence-electron chi connectivity index (χ4n) is 2.54. The molecule has 1 aromatic heterocycles. The molecule has 0 saturated heterocycles. The zero-order valence-electron chi connectivity index (χ0n) is 14.0. The number of rotatable bonds is 5. The zero-order chi connectivity index (χ0) is 19.8. The van der Waals surface area contributed by atoms with Gasteiger partial charge in [0.05, 0.1) is 27.3 Å². The van der Waals surface area contributed by atoms with Crippen LogP contribution in [0.15, 0.2) is 47.9 Å². The van der Waals surface area contributed by atoms with Crippen molar-refractivity contribution in [2.24, 2.45) is 0 Å². The summed E-state index contributed by atoms with van der Waals surface area (Å²) in [6, 6.07) is 11.3. The molecule has 2 aromatic carbocycles. The van der Waals surface area contributed by atoms with Gasteiger partial charge in [0.25, 0.3) is 0 Å². The van der Waals surface area contributed by atoms with E-state index in [4.69, 9.17) is 23.2 Å². The summed E-state index contributed by atoms with van der Waals surface area (Å²) in [5.41, 5.74) is 1.28. The average Bonchev–Trinajstić information content (AvgIpc) is 2.93. The van der Waals surface area contributed by atoms with Gasteiger partial charge in [-0.2, -0.15) is 0 Å². The quantitative estimate of drug-likeness (QED) is 0.597. The van der Waals surface area contributed by atoms with Crippen LogP contribution in [0.25, 0.3) is 17.1 Å². The SMILES string of the molecule is CS(=O)(=O)n1c(CS(=O)(=O)/C=C/c2ccc(Cl)c(Cl)c2)nc2ccccc21. The fraction of sp³-hybridized carbons (Fsp3) is 0.118. The third-order valence-electron chi connectivity index (χ3n) is 3.66. The van der Waals surface area contributed by atoms with Crippen molar-refractivity contribution >= 4 is 60.2 Å². The van der Waals surface area contributed by atoms with Crippen molar-refractivity contribution in [1.82, 2.24) is 8.96 Å². The normalized spacial score (nSPS) is 12.9. The Hall–Kier alpha value is -1.87. The van der Waals surface area contributed by atoms with Gasteiger partial charge in [0.2, 0.25) is 10.0 Å². The van der Waals surface area contributed by atoms with E-state index in [0.717, 1.165) is 15.6 Å². The maximum absolute atomic E-state index is 12.5. The highest BCUT2D eigenvalue weighted by Gasteiger charge is 2.21. The smallest absolute Gasteiger partial charge is 0.231 e. The number of hydrogen-bond acceptors (Lipinski definition) is 5. The summed E-state index contributed by atoms with van der Waals surface area (Å²) in [5.74, 6) is -0.635. The molecule has 0 fully saturated rings. The van der Waals surface area contributed by atoms with Crippen molar-refractivity contribution in [2.45, 2.75) is 5.75 Å². The third kappa shape index (κ3) is 4.52. The van der Waals surface area contributed by atoms with Crippen molar-refractivity contribution in [3.8, 4) is 0 Å². The summed E-state index contributed by atoms with van der Waals surface area (Å²) in [6.07, 6.45) is 2.37. The lowest BCUT2D eigenvalue weighted by Gasteiger charge is -2.06. The number of halogens is 2. The molecule has 0 N–H and O–H groups in total. The maximum atomic E-state index is 12.5. The molecule has 27 heavy (non-hydrogen) atoms. The van der Waals surface area contributed by atoms with Crippen LogP contribution in [0.5, 0.6) is 0 Å². The topological polar surface area (TPSA) is 86.1 Å². The number of aromatic nitrogens is 2. The van der Waals surface area contributed by atoms with E-state index in [-0.39, 0.29) is 5.82 Å². The van der Waals surface area contributed by atoms with Crippen LogP contribution >= 0.6 is 23.2 Å². The minimum atomic E-state index is -3.79. The summed E-state index contributed by atoms with van der Waals surface area (Å²) in [7, 11) is -7.52. The molecule has 0 saturated carbocycles. The van der Waals surface area contributed by atoms with Crippen molar-refractivity contribution in [3.05, 3.63) is 69.3 Å². The van der Waals surface area contributed by atoms with Crippen LogP contribution in [0.3, 0.4) is 0 Å². The first-order valence-electron chi connectivity index (χ1n) is 7.60. The largest absolute Gasteiger partial charge is 0.237 e. The standard InChI is InChI=1S/C17H14Cl2N2O4S2/c1-26(22,23)21-16-5-3-2-4-15(16)20-17(21)11-27(24,25)9-8-12-6-7-13(18)14(19)10-12/h2-10H,11H2,1H3/b9-8+. The first-order chi connectivity index (χ1) is 12.6. The molecule has 1 heterocycles. The van der Waals surface area contributed by atoms with E-state index in [1.807, 2.05) is 0 Å². The maximum Gasteiger partial charge on any atom is 0.237 e. The van der Waals surface area contributed by atoms with Crippen molar-refractivity contribution in [3.63, 3.8) is 0 Å². The molecule has 142 valence electrons. The molecule has 6 nitrogen and oxygen atoms in total. The van der Waals surface area contributed by atoms with Gasteiger partial charge in [0, 0.05) is 5.41 Å². The van der Waals surface area contributed by atoms with Gasteiger partial charge in [-0.3, -0.25) is 0 Å². The number of sulfone groups is 1. The van der Waals surface area contributed by atoms with E-state index in [9.17, 15) is 16.8 Å². The van der Waals surface area contributed by atoms with E-state index < -0.39 is 25.6 Å². The molecule has 0 aliphatic carbocycles. The molecule has 0 unspecified atom stereocenters. The van der Waals surface area contributed by atoms with Crippen LogP contribution in [-0.2, 0) is 25.6 Å². The number of para-hydroxylation sites is 2. The molecule has 0 spiro atoms. The Balaban J connectivity index is 1.98. The molecule has 3 aromatic rings. The number of benzene rings is 2. The predicted octanol–water partition coefficient (Wildman–Crippen LogP) is 3.74. The number of hydrogen-bond donors (Lipinski definition) is 0. The zero-order valence-corrected chi connectivity index (χ0v) is 17.1. The molecule has 0 aliphatic rings. The summed E-state index contributed by atoms with van der Waals surface area (Å²) >= 11 is 11.7. The molecule has 0 amide bonds. The fourth-order valence-corrected chi connectivity index (χ4v) is 4.94. The van der Waals surface area contributed by atoms with Crippen molar-refractivity contribution in [2.75, 3.05) is 6.26 Å². The van der Waals surface area contributed by atoms with Crippen molar-refractivity contribution < 1.29 is 16.8 Å². The van der Waals surface area contributed by atoms with Crippen molar-refractivity contribution in [1.29, 1.82) is 0 Å². The van der Waals surface area contributed by atoms with Gasteiger partial charge in [-0.1, -0.05) is 41.4 Å². The second-order valence-corrected chi connectivity index (χ2v) is 10.4. The lowest BCUT2D eigenvalue weighted by molar-refractivity contribution is 0.592. The molecule has 3 rings (SSSR count). The van der Waals surface area contributed by atoms with Gasteiger partial charge in [-0.15, -0.1) is 0 Å². The monoisotopic (exact) mass is 444 g/mol. The number of fused-ring (bicyclic) bond motifs is 1. The van der Waals surface area contributed by atoms with E-state index in [2.05, 4.69) is 4.98 Å². The van der Waals surface area contributed by atoms with E-state index in [1.54, 1.807) is 36.4 Å². The Morgan fingerprint density at radius 1 is 1.04 bits per heavy atom. The Labute approximate surface area is 167 Å². The molecule has 0 atom stereocenters. The predicted molar refractivity (Wildman–Crippen MR) is 108 cm³/mol.